The number of fused-ring (bicyclic) bond motifs is 2. The maximum Gasteiger partial charge on any atom is 0.274 e. The van der Waals surface area contributed by atoms with Gasteiger partial charge in [-0.1, -0.05) is 67.1 Å². The van der Waals surface area contributed by atoms with E-state index in [0.717, 1.165) is 23.1 Å². The summed E-state index contributed by atoms with van der Waals surface area (Å²) in [5.74, 6) is -1.91. The van der Waals surface area contributed by atoms with Crippen LogP contribution in [0.25, 0.3) is 0 Å². The molecule has 5 rings (SSSR count). The molecule has 1 fully saturated rings. The number of aryl methyl sites for hydroxylation is 2. The number of nitrogens with zero attached hydrogens (tertiary/aromatic N) is 2. The van der Waals surface area contributed by atoms with Gasteiger partial charge in [0.1, 0.15) is 5.75 Å². The Morgan fingerprint density at radius 2 is 1.64 bits per heavy atom. The van der Waals surface area contributed by atoms with Crippen molar-refractivity contribution >= 4 is 33.0 Å². The number of hydrogen-bond acceptors (Lipinski definition) is 4. The van der Waals surface area contributed by atoms with E-state index in [1.165, 1.54) is 9.80 Å². The second-order valence-electron chi connectivity index (χ2n) is 8.55. The highest BCUT2D eigenvalue weighted by atomic mass is 32.2. The zero-order chi connectivity index (χ0) is 23.4. The van der Waals surface area contributed by atoms with E-state index in [4.69, 9.17) is 0 Å². The van der Waals surface area contributed by atoms with E-state index in [0.29, 0.717) is 16.9 Å². The Morgan fingerprint density at radius 3 is 2.36 bits per heavy atom. The number of sulfone groups is 1. The van der Waals surface area contributed by atoms with Gasteiger partial charge in [0.05, 0.1) is 12.2 Å². The lowest BCUT2D eigenvalue weighted by molar-refractivity contribution is -0.123. The van der Waals surface area contributed by atoms with Crippen molar-refractivity contribution in [2.75, 3.05) is 15.6 Å². The van der Waals surface area contributed by atoms with Gasteiger partial charge < -0.3 is 4.90 Å². The number of carbonyl (C=O) groups excluding carboxylic acids is 2. The van der Waals surface area contributed by atoms with Gasteiger partial charge in [0.15, 0.2) is 9.84 Å². The summed E-state index contributed by atoms with van der Waals surface area (Å²) in [5, 5.41) is 0. The molecule has 3 aromatic rings. The first-order valence-electron chi connectivity index (χ1n) is 10.9. The maximum absolute atomic E-state index is 14.1. The Labute approximate surface area is 193 Å². The van der Waals surface area contributed by atoms with Gasteiger partial charge in [-0.2, -0.15) is 0 Å². The Kier molecular flexibility index (Phi) is 4.90. The smallest absolute Gasteiger partial charge is 0.274 e. The van der Waals surface area contributed by atoms with E-state index in [1.54, 1.807) is 42.5 Å². The highest BCUT2D eigenvalue weighted by Gasteiger charge is 2.69. The van der Waals surface area contributed by atoms with Crippen molar-refractivity contribution in [3.8, 4) is 0 Å². The normalized spacial score (nSPS) is 21.2. The molecular formula is C26H24N2O4S. The van der Waals surface area contributed by atoms with Crippen molar-refractivity contribution < 1.29 is 18.0 Å². The molecule has 33 heavy (non-hydrogen) atoms. The van der Waals surface area contributed by atoms with E-state index in [-0.39, 0.29) is 6.54 Å². The molecule has 0 bridgehead atoms. The highest BCUT2D eigenvalue weighted by Crippen LogP contribution is 2.52. The molecule has 0 unspecified atom stereocenters. The van der Waals surface area contributed by atoms with Gasteiger partial charge in [-0.05, 0) is 42.7 Å². The van der Waals surface area contributed by atoms with Gasteiger partial charge in [0.25, 0.3) is 10.8 Å². The van der Waals surface area contributed by atoms with Crippen molar-refractivity contribution in [2.45, 2.75) is 31.7 Å². The number of benzene rings is 3. The quantitative estimate of drug-likeness (QED) is 0.595. The van der Waals surface area contributed by atoms with Crippen molar-refractivity contribution in [3.05, 3.63) is 95.1 Å². The summed E-state index contributed by atoms with van der Waals surface area (Å²) in [5.41, 5.74) is 4.18. The summed E-state index contributed by atoms with van der Waals surface area (Å²) in [6.07, 6.45) is 0.722. The Morgan fingerprint density at radius 1 is 0.909 bits per heavy atom. The molecule has 0 N–H and O–H groups in total. The van der Waals surface area contributed by atoms with Crippen molar-refractivity contribution in [3.63, 3.8) is 0 Å². The molecule has 1 saturated heterocycles. The number of rotatable bonds is 4. The van der Waals surface area contributed by atoms with Crippen LogP contribution in [0.4, 0.5) is 11.4 Å². The number of carbonyl (C=O) groups is 2. The number of anilines is 2. The number of para-hydroxylation sites is 1. The van der Waals surface area contributed by atoms with Gasteiger partial charge in [-0.25, -0.2) is 8.42 Å². The van der Waals surface area contributed by atoms with Gasteiger partial charge in [0.2, 0.25) is 5.91 Å². The molecule has 0 saturated carbocycles. The first-order valence-corrected chi connectivity index (χ1v) is 12.6. The summed E-state index contributed by atoms with van der Waals surface area (Å²) in [6, 6.07) is 21.8. The fourth-order valence-corrected chi connectivity index (χ4v) is 6.87. The topological polar surface area (TPSA) is 74.8 Å². The molecule has 2 amide bonds. The van der Waals surface area contributed by atoms with E-state index in [9.17, 15) is 18.0 Å². The van der Waals surface area contributed by atoms with Crippen LogP contribution in [0.1, 0.15) is 29.2 Å². The van der Waals surface area contributed by atoms with Crippen LogP contribution in [0.2, 0.25) is 0 Å². The number of amides is 2. The minimum Gasteiger partial charge on any atom is -0.304 e. The lowest BCUT2D eigenvalue weighted by atomic mass is 10.0. The molecule has 2 aliphatic rings. The van der Waals surface area contributed by atoms with Gasteiger partial charge >= 0.3 is 0 Å². The molecule has 1 atom stereocenters. The molecule has 6 nitrogen and oxygen atoms in total. The first-order chi connectivity index (χ1) is 15.8. The summed E-state index contributed by atoms with van der Waals surface area (Å²) in [7, 11) is -4.16. The molecule has 0 aliphatic carbocycles. The van der Waals surface area contributed by atoms with E-state index >= 15 is 0 Å². The molecule has 2 heterocycles. The summed E-state index contributed by atoms with van der Waals surface area (Å²) in [4.78, 5) is 27.9. The minimum absolute atomic E-state index is 0.213. The van der Waals surface area contributed by atoms with Crippen LogP contribution in [0.3, 0.4) is 0 Å². The van der Waals surface area contributed by atoms with Crippen LogP contribution < -0.4 is 9.80 Å². The van der Waals surface area contributed by atoms with Crippen LogP contribution >= 0.6 is 0 Å². The monoisotopic (exact) mass is 460 g/mol. The Bertz CT molecular complexity index is 1380. The highest BCUT2D eigenvalue weighted by molar-refractivity contribution is 7.94. The van der Waals surface area contributed by atoms with Crippen molar-refractivity contribution in [2.24, 2.45) is 0 Å². The molecule has 0 aromatic heterocycles. The zero-order valence-electron chi connectivity index (χ0n) is 18.5. The summed E-state index contributed by atoms with van der Waals surface area (Å²) < 4.78 is 27.3. The molecular weight excluding hydrogens is 436 g/mol. The van der Waals surface area contributed by atoms with E-state index < -0.39 is 32.3 Å². The van der Waals surface area contributed by atoms with Gasteiger partial charge in [-0.3, -0.25) is 14.5 Å². The van der Waals surface area contributed by atoms with Crippen molar-refractivity contribution in [1.29, 1.82) is 0 Å². The van der Waals surface area contributed by atoms with E-state index in [2.05, 4.69) is 0 Å². The third kappa shape index (κ3) is 3.03. The van der Waals surface area contributed by atoms with Crippen LogP contribution in [-0.2, 0) is 37.3 Å². The first kappa shape index (κ1) is 21.4. The third-order valence-electron chi connectivity index (χ3n) is 6.46. The average Bonchev–Trinajstić information content (AvgIpc) is 3.18. The second-order valence-corrected chi connectivity index (χ2v) is 10.7. The maximum atomic E-state index is 14.1. The Balaban J connectivity index is 1.72. The van der Waals surface area contributed by atoms with Crippen LogP contribution in [0.5, 0.6) is 0 Å². The van der Waals surface area contributed by atoms with Gasteiger partial charge in [0, 0.05) is 11.3 Å². The summed E-state index contributed by atoms with van der Waals surface area (Å²) >= 11 is 0. The SMILES string of the molecule is CCc1cccc(N2C(=O)CS(=O)(=O)[C@@]23C(=O)N(Cc2ccc(C)cc2)c2ccccc23)c1. The fourth-order valence-electron chi connectivity index (χ4n) is 4.84. The fraction of sp³-hybridized carbons (Fsp3) is 0.231. The van der Waals surface area contributed by atoms with Gasteiger partial charge in [-0.15, -0.1) is 0 Å². The Hall–Kier alpha value is -3.45. The summed E-state index contributed by atoms with van der Waals surface area (Å²) in [6.45, 7) is 4.18. The zero-order valence-corrected chi connectivity index (χ0v) is 19.3. The van der Waals surface area contributed by atoms with E-state index in [1.807, 2.05) is 44.2 Å². The minimum atomic E-state index is -4.16. The molecule has 168 valence electrons. The largest absolute Gasteiger partial charge is 0.304 e. The third-order valence-corrected chi connectivity index (χ3v) is 8.57. The lowest BCUT2D eigenvalue weighted by Crippen LogP contribution is -2.54. The molecule has 2 aliphatic heterocycles. The molecule has 1 spiro atoms. The van der Waals surface area contributed by atoms with Crippen LogP contribution in [0, 0.1) is 6.92 Å². The molecule has 3 aromatic carbocycles. The predicted octanol–water partition coefficient (Wildman–Crippen LogP) is 3.72. The lowest BCUT2D eigenvalue weighted by Gasteiger charge is -2.33. The second kappa shape index (κ2) is 7.56. The predicted molar refractivity (Wildman–Crippen MR) is 128 cm³/mol. The number of hydrogen-bond donors (Lipinski definition) is 0. The standard InChI is InChI=1S/C26H24N2O4S/c1-3-19-7-6-8-21(15-19)28-24(29)17-33(31,32)26(28)22-9-4-5-10-23(22)27(25(26)30)16-20-13-11-18(2)12-14-20/h4-15H,3,16-17H2,1-2H3/t26-/m0/s1. The van der Waals surface area contributed by atoms with Crippen molar-refractivity contribution in [1.82, 2.24) is 0 Å². The van der Waals surface area contributed by atoms with Crippen LogP contribution in [-0.4, -0.2) is 26.0 Å². The average molecular weight is 461 g/mol. The molecule has 0 radical (unpaired) electrons. The van der Waals surface area contributed by atoms with Crippen LogP contribution in [0.15, 0.2) is 72.8 Å². The molecule has 7 heteroatoms.